The fourth-order valence-electron chi connectivity index (χ4n) is 2.41. The summed E-state index contributed by atoms with van der Waals surface area (Å²) in [5, 5.41) is 0. The van der Waals surface area contributed by atoms with Gasteiger partial charge in [0, 0.05) is 19.2 Å². The smallest absolute Gasteiger partial charge is 0.227 e. The van der Waals surface area contributed by atoms with E-state index >= 15 is 0 Å². The van der Waals surface area contributed by atoms with Crippen molar-refractivity contribution in [3.8, 4) is 0 Å². The molecule has 2 aromatic rings. The first-order chi connectivity index (χ1) is 10.2. The van der Waals surface area contributed by atoms with E-state index in [-0.39, 0.29) is 24.0 Å². The highest BCUT2D eigenvalue weighted by Crippen LogP contribution is 2.23. The molecule has 0 radical (unpaired) electrons. The minimum Gasteiger partial charge on any atom is -0.461 e. The standard InChI is InChI=1S/C17H15NO3/c19-16-11-14(17(20)15-7-4-10-21-15)12-18(16)9-8-13-5-2-1-3-6-13/h1-10,14H,11-12H2/t14-/m1/s1. The van der Waals surface area contributed by atoms with Crippen molar-refractivity contribution < 1.29 is 14.0 Å². The molecule has 0 saturated carbocycles. The summed E-state index contributed by atoms with van der Waals surface area (Å²) in [6, 6.07) is 13.1. The minimum atomic E-state index is -0.330. The first-order valence-electron chi connectivity index (χ1n) is 6.84. The molecule has 21 heavy (non-hydrogen) atoms. The molecule has 0 N–H and O–H groups in total. The van der Waals surface area contributed by atoms with E-state index in [1.807, 2.05) is 36.4 Å². The summed E-state index contributed by atoms with van der Waals surface area (Å²) >= 11 is 0. The van der Waals surface area contributed by atoms with Crippen molar-refractivity contribution in [2.75, 3.05) is 6.54 Å². The summed E-state index contributed by atoms with van der Waals surface area (Å²) in [6.07, 6.45) is 5.32. The number of ketones is 1. The van der Waals surface area contributed by atoms with Gasteiger partial charge in [0.2, 0.25) is 11.7 Å². The van der Waals surface area contributed by atoms with Gasteiger partial charge in [-0.3, -0.25) is 9.59 Å². The molecule has 0 bridgehead atoms. The molecule has 4 heteroatoms. The van der Waals surface area contributed by atoms with Crippen LogP contribution in [-0.2, 0) is 4.79 Å². The zero-order valence-electron chi connectivity index (χ0n) is 11.4. The van der Waals surface area contributed by atoms with Crippen LogP contribution in [0, 0.1) is 5.92 Å². The number of nitrogens with zero attached hydrogens (tertiary/aromatic N) is 1. The van der Waals surface area contributed by atoms with Crippen LogP contribution < -0.4 is 0 Å². The molecule has 1 aromatic heterocycles. The molecular weight excluding hydrogens is 266 g/mol. The maximum absolute atomic E-state index is 12.2. The Morgan fingerprint density at radius 3 is 2.71 bits per heavy atom. The van der Waals surface area contributed by atoms with Crippen molar-refractivity contribution in [1.29, 1.82) is 0 Å². The monoisotopic (exact) mass is 281 g/mol. The lowest BCUT2D eigenvalue weighted by atomic mass is 10.0. The van der Waals surface area contributed by atoms with Gasteiger partial charge in [0.1, 0.15) is 0 Å². The van der Waals surface area contributed by atoms with Gasteiger partial charge in [-0.2, -0.15) is 0 Å². The fraction of sp³-hybridized carbons (Fsp3) is 0.176. The van der Waals surface area contributed by atoms with Gasteiger partial charge >= 0.3 is 0 Å². The van der Waals surface area contributed by atoms with Gasteiger partial charge in [-0.05, 0) is 23.8 Å². The fourth-order valence-corrected chi connectivity index (χ4v) is 2.41. The third-order valence-corrected chi connectivity index (χ3v) is 3.54. The number of likely N-dealkylation sites (tertiary alicyclic amines) is 1. The lowest BCUT2D eigenvalue weighted by molar-refractivity contribution is -0.125. The first-order valence-corrected chi connectivity index (χ1v) is 6.84. The molecular formula is C17H15NO3. The lowest BCUT2D eigenvalue weighted by Crippen LogP contribution is -2.20. The molecule has 2 heterocycles. The Balaban J connectivity index is 1.68. The largest absolute Gasteiger partial charge is 0.461 e. The zero-order chi connectivity index (χ0) is 14.7. The summed E-state index contributed by atoms with van der Waals surface area (Å²) < 4.78 is 5.11. The predicted octanol–water partition coefficient (Wildman–Crippen LogP) is 2.98. The Bertz CT molecular complexity index is 659. The van der Waals surface area contributed by atoms with Crippen molar-refractivity contribution in [2.45, 2.75) is 6.42 Å². The molecule has 0 aliphatic carbocycles. The molecule has 3 rings (SSSR count). The Morgan fingerprint density at radius 1 is 1.19 bits per heavy atom. The number of hydrogen-bond donors (Lipinski definition) is 0. The molecule has 106 valence electrons. The Hall–Kier alpha value is -2.62. The zero-order valence-corrected chi connectivity index (χ0v) is 11.4. The number of carbonyl (C=O) groups is 2. The number of Topliss-reactive ketones (excluding diaryl/α,β-unsaturated/α-hetero) is 1. The number of amides is 1. The topological polar surface area (TPSA) is 50.5 Å². The van der Waals surface area contributed by atoms with Crippen molar-refractivity contribution in [3.63, 3.8) is 0 Å². The SMILES string of the molecule is O=C(c1ccco1)[C@@H]1CC(=O)N(C=Cc2ccccc2)C1. The van der Waals surface area contributed by atoms with Gasteiger partial charge < -0.3 is 9.32 Å². The number of furan rings is 1. The average molecular weight is 281 g/mol. The summed E-state index contributed by atoms with van der Waals surface area (Å²) in [4.78, 5) is 25.7. The van der Waals surface area contributed by atoms with Crippen LogP contribution in [0.4, 0.5) is 0 Å². The Labute approximate surface area is 122 Å². The van der Waals surface area contributed by atoms with E-state index in [4.69, 9.17) is 4.42 Å². The van der Waals surface area contributed by atoms with Crippen LogP contribution in [0.3, 0.4) is 0 Å². The van der Waals surface area contributed by atoms with Crippen LogP contribution in [0.25, 0.3) is 6.08 Å². The van der Waals surface area contributed by atoms with Crippen LogP contribution >= 0.6 is 0 Å². The Kier molecular flexibility index (Phi) is 3.69. The van der Waals surface area contributed by atoms with E-state index in [0.717, 1.165) is 5.56 Å². The van der Waals surface area contributed by atoms with E-state index in [9.17, 15) is 9.59 Å². The molecule has 1 atom stereocenters. The second-order valence-electron chi connectivity index (χ2n) is 5.02. The second kappa shape index (κ2) is 5.79. The molecule has 0 spiro atoms. The van der Waals surface area contributed by atoms with Crippen LogP contribution in [-0.4, -0.2) is 23.1 Å². The normalized spacial score (nSPS) is 18.6. The van der Waals surface area contributed by atoms with E-state index in [1.165, 1.54) is 6.26 Å². The number of carbonyl (C=O) groups excluding carboxylic acids is 2. The van der Waals surface area contributed by atoms with Crippen molar-refractivity contribution >= 4 is 17.8 Å². The number of rotatable bonds is 4. The maximum atomic E-state index is 12.2. The van der Waals surface area contributed by atoms with Gasteiger partial charge in [-0.25, -0.2) is 0 Å². The van der Waals surface area contributed by atoms with Crippen molar-refractivity contribution in [2.24, 2.45) is 5.92 Å². The molecule has 1 saturated heterocycles. The summed E-state index contributed by atoms with van der Waals surface area (Å²) in [7, 11) is 0. The van der Waals surface area contributed by atoms with Crippen LogP contribution in [0.2, 0.25) is 0 Å². The molecule has 1 fully saturated rings. The van der Waals surface area contributed by atoms with E-state index in [2.05, 4.69) is 0 Å². The highest BCUT2D eigenvalue weighted by Gasteiger charge is 2.34. The van der Waals surface area contributed by atoms with Gasteiger partial charge in [-0.15, -0.1) is 0 Å². The molecule has 1 amide bonds. The molecule has 1 aromatic carbocycles. The number of benzene rings is 1. The molecule has 1 aliphatic rings. The van der Waals surface area contributed by atoms with Crippen molar-refractivity contribution in [3.05, 3.63) is 66.3 Å². The number of hydrogen-bond acceptors (Lipinski definition) is 3. The average Bonchev–Trinajstić information content (AvgIpc) is 3.15. The molecule has 4 nitrogen and oxygen atoms in total. The maximum Gasteiger partial charge on any atom is 0.227 e. The van der Waals surface area contributed by atoms with Crippen molar-refractivity contribution in [1.82, 2.24) is 4.90 Å². The molecule has 1 aliphatic heterocycles. The Morgan fingerprint density at radius 2 is 2.00 bits per heavy atom. The predicted molar refractivity (Wildman–Crippen MR) is 78.3 cm³/mol. The third-order valence-electron chi connectivity index (χ3n) is 3.54. The van der Waals surface area contributed by atoms with Gasteiger partial charge in [0.25, 0.3) is 0 Å². The second-order valence-corrected chi connectivity index (χ2v) is 5.02. The first kappa shape index (κ1) is 13.4. The van der Waals surface area contributed by atoms with Crippen LogP contribution in [0.1, 0.15) is 22.5 Å². The quantitative estimate of drug-likeness (QED) is 0.809. The van der Waals surface area contributed by atoms with E-state index in [0.29, 0.717) is 12.3 Å². The van der Waals surface area contributed by atoms with Gasteiger partial charge in [-0.1, -0.05) is 30.3 Å². The highest BCUT2D eigenvalue weighted by molar-refractivity contribution is 5.99. The minimum absolute atomic E-state index is 0.0351. The summed E-state index contributed by atoms with van der Waals surface area (Å²) in [5.74, 6) is -0.151. The lowest BCUT2D eigenvalue weighted by Gasteiger charge is -2.10. The van der Waals surface area contributed by atoms with E-state index < -0.39 is 0 Å². The van der Waals surface area contributed by atoms with E-state index in [1.54, 1.807) is 23.2 Å². The summed E-state index contributed by atoms with van der Waals surface area (Å²) in [6.45, 7) is 0.404. The molecule has 0 unspecified atom stereocenters. The third kappa shape index (κ3) is 2.94. The van der Waals surface area contributed by atoms with Crippen LogP contribution in [0.15, 0.2) is 59.3 Å². The summed E-state index contributed by atoms with van der Waals surface area (Å²) in [5.41, 5.74) is 1.02. The van der Waals surface area contributed by atoms with Crippen LogP contribution in [0.5, 0.6) is 0 Å². The highest BCUT2D eigenvalue weighted by atomic mass is 16.3. The van der Waals surface area contributed by atoms with Gasteiger partial charge in [0.15, 0.2) is 5.76 Å². The van der Waals surface area contributed by atoms with Gasteiger partial charge in [0.05, 0.1) is 12.2 Å².